The van der Waals surface area contributed by atoms with Crippen LogP contribution in [0.15, 0.2) is 24.3 Å². The Morgan fingerprint density at radius 1 is 1.35 bits per heavy atom. The number of anilines is 1. The van der Waals surface area contributed by atoms with Crippen molar-refractivity contribution < 1.29 is 14.3 Å². The topological polar surface area (TPSA) is 69.4 Å². The summed E-state index contributed by atoms with van der Waals surface area (Å²) in [7, 11) is 0. The molecule has 0 unspecified atom stereocenters. The van der Waals surface area contributed by atoms with Gasteiger partial charge in [-0.15, -0.1) is 11.3 Å². The van der Waals surface area contributed by atoms with Crippen LogP contribution >= 0.6 is 11.3 Å². The third-order valence-corrected chi connectivity index (χ3v) is 3.33. The SMILES string of the molecule is CCOC(=O)C(=O)c1cc2ccc(N)cc2s1. The quantitative estimate of drug-likeness (QED) is 0.392. The maximum atomic E-state index is 11.7. The van der Waals surface area contributed by atoms with E-state index in [1.54, 1.807) is 25.1 Å². The average molecular weight is 249 g/mol. The van der Waals surface area contributed by atoms with Gasteiger partial charge in [-0.3, -0.25) is 4.79 Å². The summed E-state index contributed by atoms with van der Waals surface area (Å²) in [6.45, 7) is 1.86. The Kier molecular flexibility index (Phi) is 3.10. The fraction of sp³-hybridized carbons (Fsp3) is 0.167. The van der Waals surface area contributed by atoms with Crippen LogP contribution in [0.5, 0.6) is 0 Å². The number of Topliss-reactive ketones (excluding diaryl/α,β-unsaturated/α-hetero) is 1. The van der Waals surface area contributed by atoms with Crippen LogP contribution in [0.4, 0.5) is 5.69 Å². The lowest BCUT2D eigenvalue weighted by Crippen LogP contribution is -2.16. The fourth-order valence-corrected chi connectivity index (χ4v) is 2.50. The molecule has 0 bridgehead atoms. The molecule has 0 fully saturated rings. The number of hydrogen-bond acceptors (Lipinski definition) is 5. The second-order valence-corrected chi connectivity index (χ2v) is 4.54. The molecule has 0 aliphatic carbocycles. The predicted molar refractivity (Wildman–Crippen MR) is 67.2 cm³/mol. The van der Waals surface area contributed by atoms with E-state index in [0.717, 1.165) is 10.1 Å². The van der Waals surface area contributed by atoms with Gasteiger partial charge < -0.3 is 10.5 Å². The molecular formula is C12H11NO3S. The van der Waals surface area contributed by atoms with Crippen LogP contribution in [0.2, 0.25) is 0 Å². The summed E-state index contributed by atoms with van der Waals surface area (Å²) in [5.41, 5.74) is 6.28. The molecule has 0 radical (unpaired) electrons. The first kappa shape index (κ1) is 11.6. The van der Waals surface area contributed by atoms with Crippen molar-refractivity contribution in [1.29, 1.82) is 0 Å². The van der Waals surface area contributed by atoms with Gasteiger partial charge in [0.25, 0.3) is 5.78 Å². The van der Waals surface area contributed by atoms with E-state index in [0.29, 0.717) is 10.6 Å². The second kappa shape index (κ2) is 4.55. The lowest BCUT2D eigenvalue weighted by atomic mass is 10.2. The third kappa shape index (κ3) is 2.29. The highest BCUT2D eigenvalue weighted by atomic mass is 32.1. The van der Waals surface area contributed by atoms with E-state index in [4.69, 9.17) is 5.73 Å². The summed E-state index contributed by atoms with van der Waals surface area (Å²) in [4.78, 5) is 23.4. The molecule has 5 heteroatoms. The molecule has 2 N–H and O–H groups in total. The molecule has 2 rings (SSSR count). The van der Waals surface area contributed by atoms with Crippen molar-refractivity contribution >= 4 is 38.9 Å². The first-order valence-electron chi connectivity index (χ1n) is 5.12. The number of fused-ring (bicyclic) bond motifs is 1. The largest absolute Gasteiger partial charge is 0.460 e. The summed E-state index contributed by atoms with van der Waals surface area (Å²) in [5, 5.41) is 0.900. The minimum absolute atomic E-state index is 0.197. The number of nitrogens with two attached hydrogens (primary N) is 1. The van der Waals surface area contributed by atoms with Gasteiger partial charge in [0.15, 0.2) is 0 Å². The highest BCUT2D eigenvalue weighted by molar-refractivity contribution is 7.21. The van der Waals surface area contributed by atoms with Crippen molar-refractivity contribution in [2.45, 2.75) is 6.92 Å². The molecule has 0 aliphatic heterocycles. The van der Waals surface area contributed by atoms with Gasteiger partial charge in [0, 0.05) is 10.4 Å². The van der Waals surface area contributed by atoms with Gasteiger partial charge in [0.1, 0.15) is 0 Å². The minimum Gasteiger partial charge on any atom is -0.460 e. The molecule has 0 saturated carbocycles. The molecule has 4 nitrogen and oxygen atoms in total. The average Bonchev–Trinajstić information content (AvgIpc) is 2.71. The summed E-state index contributed by atoms with van der Waals surface area (Å²) in [6.07, 6.45) is 0. The highest BCUT2D eigenvalue weighted by Crippen LogP contribution is 2.27. The molecule has 2 aromatic rings. The summed E-state index contributed by atoms with van der Waals surface area (Å²) < 4.78 is 5.56. The van der Waals surface area contributed by atoms with Gasteiger partial charge in [-0.25, -0.2) is 4.79 Å². The lowest BCUT2D eigenvalue weighted by molar-refractivity contribution is -0.137. The normalized spacial score (nSPS) is 10.4. The highest BCUT2D eigenvalue weighted by Gasteiger charge is 2.19. The number of hydrogen-bond donors (Lipinski definition) is 1. The smallest absolute Gasteiger partial charge is 0.380 e. The molecule has 88 valence electrons. The summed E-state index contributed by atoms with van der Waals surface area (Å²) >= 11 is 1.24. The van der Waals surface area contributed by atoms with Crippen molar-refractivity contribution in [3.63, 3.8) is 0 Å². The number of ether oxygens (including phenoxy) is 1. The van der Waals surface area contributed by atoms with E-state index >= 15 is 0 Å². The van der Waals surface area contributed by atoms with Crippen LogP contribution in [-0.2, 0) is 9.53 Å². The number of carbonyl (C=O) groups excluding carboxylic acids is 2. The Morgan fingerprint density at radius 3 is 2.82 bits per heavy atom. The number of rotatable bonds is 3. The van der Waals surface area contributed by atoms with Gasteiger partial charge in [0.2, 0.25) is 0 Å². The van der Waals surface area contributed by atoms with Gasteiger partial charge in [-0.1, -0.05) is 6.07 Å². The van der Waals surface area contributed by atoms with Crippen molar-refractivity contribution in [3.8, 4) is 0 Å². The number of benzene rings is 1. The number of ketones is 1. The Bertz CT molecular complexity index is 588. The fourth-order valence-electron chi connectivity index (χ4n) is 1.46. The first-order chi connectivity index (χ1) is 8.11. The molecule has 0 saturated heterocycles. The van der Waals surface area contributed by atoms with E-state index in [-0.39, 0.29) is 6.61 Å². The van der Waals surface area contributed by atoms with Crippen molar-refractivity contribution in [2.24, 2.45) is 0 Å². The summed E-state index contributed by atoms with van der Waals surface area (Å²) in [5.74, 6) is -1.42. The van der Waals surface area contributed by atoms with E-state index in [1.807, 2.05) is 6.07 Å². The number of carbonyl (C=O) groups is 2. The number of esters is 1. The van der Waals surface area contributed by atoms with Gasteiger partial charge in [-0.2, -0.15) is 0 Å². The van der Waals surface area contributed by atoms with Crippen molar-refractivity contribution in [2.75, 3.05) is 12.3 Å². The number of thiophene rings is 1. The Hall–Kier alpha value is -1.88. The van der Waals surface area contributed by atoms with Crippen molar-refractivity contribution in [1.82, 2.24) is 0 Å². The molecule has 1 heterocycles. The van der Waals surface area contributed by atoms with Crippen LogP contribution in [0, 0.1) is 0 Å². The molecule has 0 spiro atoms. The van der Waals surface area contributed by atoms with Crippen LogP contribution in [0.25, 0.3) is 10.1 Å². The van der Waals surface area contributed by atoms with Gasteiger partial charge in [0.05, 0.1) is 11.5 Å². The molecule has 0 aliphatic rings. The molecule has 0 atom stereocenters. The number of nitrogen functional groups attached to an aromatic ring is 1. The van der Waals surface area contributed by atoms with Crippen LogP contribution < -0.4 is 5.73 Å². The van der Waals surface area contributed by atoms with Crippen LogP contribution in [0.1, 0.15) is 16.6 Å². The van der Waals surface area contributed by atoms with Gasteiger partial charge >= 0.3 is 5.97 Å². The zero-order valence-corrected chi connectivity index (χ0v) is 10.0. The Morgan fingerprint density at radius 2 is 2.12 bits per heavy atom. The first-order valence-corrected chi connectivity index (χ1v) is 5.94. The molecule has 1 aromatic carbocycles. The second-order valence-electron chi connectivity index (χ2n) is 3.46. The maximum absolute atomic E-state index is 11.7. The van der Waals surface area contributed by atoms with Crippen LogP contribution in [0.3, 0.4) is 0 Å². The predicted octanol–water partition coefficient (Wildman–Crippen LogP) is 2.23. The lowest BCUT2D eigenvalue weighted by Gasteiger charge is -1.96. The molecule has 0 amide bonds. The maximum Gasteiger partial charge on any atom is 0.380 e. The van der Waals surface area contributed by atoms with E-state index in [1.165, 1.54) is 11.3 Å². The van der Waals surface area contributed by atoms with E-state index in [9.17, 15) is 9.59 Å². The minimum atomic E-state index is -0.813. The van der Waals surface area contributed by atoms with E-state index in [2.05, 4.69) is 4.74 Å². The standard InChI is InChI=1S/C12H11NO3S/c1-2-16-12(15)11(14)10-5-7-3-4-8(13)6-9(7)17-10/h3-6H,2,13H2,1H3. The Labute approximate surface area is 102 Å². The molecule has 17 heavy (non-hydrogen) atoms. The van der Waals surface area contributed by atoms with Crippen molar-refractivity contribution in [3.05, 3.63) is 29.1 Å². The monoisotopic (exact) mass is 249 g/mol. The zero-order valence-electron chi connectivity index (χ0n) is 9.23. The third-order valence-electron chi connectivity index (χ3n) is 2.23. The Balaban J connectivity index is 2.36. The summed E-state index contributed by atoms with van der Waals surface area (Å²) in [6, 6.07) is 7.04. The molecular weight excluding hydrogens is 238 g/mol. The molecule has 1 aromatic heterocycles. The van der Waals surface area contributed by atoms with Gasteiger partial charge in [-0.05, 0) is 30.5 Å². The van der Waals surface area contributed by atoms with Crippen LogP contribution in [-0.4, -0.2) is 18.4 Å². The van der Waals surface area contributed by atoms with E-state index < -0.39 is 11.8 Å². The zero-order chi connectivity index (χ0) is 12.4.